The highest BCUT2D eigenvalue weighted by Gasteiger charge is 2.26. The Balaban J connectivity index is 3.41. The van der Waals surface area contributed by atoms with Crippen LogP contribution in [0.4, 0.5) is 8.78 Å². The van der Waals surface area contributed by atoms with E-state index in [-0.39, 0.29) is 22.6 Å². The predicted octanol–water partition coefficient (Wildman–Crippen LogP) is 2.79. The summed E-state index contributed by atoms with van der Waals surface area (Å²) < 4.78 is 29.5. The first kappa shape index (κ1) is 10.1. The molecule has 1 aliphatic rings. The Morgan fingerprint density at radius 3 is 2.08 bits per heavy atom. The van der Waals surface area contributed by atoms with Crippen LogP contribution in [0.2, 0.25) is 0 Å². The van der Waals surface area contributed by atoms with Crippen molar-refractivity contribution < 1.29 is 8.78 Å². The summed E-state index contributed by atoms with van der Waals surface area (Å²) in [5.41, 5.74) is -0.0647. The zero-order valence-electron chi connectivity index (χ0n) is 7.15. The summed E-state index contributed by atoms with van der Waals surface area (Å²) in [4.78, 5) is 0. The van der Waals surface area contributed by atoms with Crippen molar-refractivity contribution in [3.8, 4) is 0 Å². The number of hydrogen-bond donors (Lipinski definition) is 2. The van der Waals surface area contributed by atoms with Gasteiger partial charge in [-0.3, -0.25) is 5.41 Å². The zero-order chi connectivity index (χ0) is 10.2. The molecule has 1 rings (SSSR count). The molecule has 13 heavy (non-hydrogen) atoms. The van der Waals surface area contributed by atoms with Crippen molar-refractivity contribution >= 4 is 24.2 Å². The fraction of sp³-hybridized carbons (Fsp3) is 0.250. The van der Waals surface area contributed by atoms with Crippen LogP contribution in [0.5, 0.6) is 0 Å². The number of hydrogen-bond acceptors (Lipinski definition) is 3. The van der Waals surface area contributed by atoms with Gasteiger partial charge in [-0.25, -0.2) is 13.2 Å². The van der Waals surface area contributed by atoms with Gasteiger partial charge in [0.15, 0.2) is 11.7 Å². The van der Waals surface area contributed by atoms with Crippen molar-refractivity contribution in [2.45, 2.75) is 13.8 Å². The summed E-state index contributed by atoms with van der Waals surface area (Å²) in [5.74, 6) is -1.94. The summed E-state index contributed by atoms with van der Waals surface area (Å²) in [6.45, 7) is 2.70. The van der Waals surface area contributed by atoms with Gasteiger partial charge < -0.3 is 0 Å². The van der Waals surface area contributed by atoms with Gasteiger partial charge in [0.05, 0.1) is 5.71 Å². The van der Waals surface area contributed by atoms with Crippen LogP contribution >= 0.6 is 12.8 Å². The molecule has 70 valence electrons. The Hall–Kier alpha value is -0.970. The van der Waals surface area contributed by atoms with E-state index in [4.69, 9.17) is 5.41 Å². The van der Waals surface area contributed by atoms with Gasteiger partial charge in [0, 0.05) is 11.1 Å². The third-order valence-electron chi connectivity index (χ3n) is 1.92. The van der Waals surface area contributed by atoms with Gasteiger partial charge in [-0.2, -0.15) is 0 Å². The van der Waals surface area contributed by atoms with Crippen LogP contribution in [0.3, 0.4) is 0 Å². The van der Waals surface area contributed by atoms with Crippen LogP contribution in [0, 0.1) is 5.41 Å². The minimum Gasteiger partial charge on any atom is -0.298 e. The van der Waals surface area contributed by atoms with Crippen molar-refractivity contribution in [3.63, 3.8) is 0 Å². The lowest BCUT2D eigenvalue weighted by atomic mass is 9.95. The molecule has 0 unspecified atom stereocenters. The first-order valence-electron chi connectivity index (χ1n) is 3.55. The molecule has 0 spiro atoms. The molecule has 0 bridgehead atoms. The second kappa shape index (κ2) is 3.41. The number of halogens is 2. The van der Waals surface area contributed by atoms with Crippen LogP contribution in [0.15, 0.2) is 27.2 Å². The fourth-order valence-corrected chi connectivity index (χ4v) is 1.28. The molecule has 1 aliphatic carbocycles. The highest BCUT2D eigenvalue weighted by atomic mass is 32.1. The fourth-order valence-electron chi connectivity index (χ4n) is 1.03. The van der Waals surface area contributed by atoms with Crippen molar-refractivity contribution in [1.82, 2.24) is 0 Å². The van der Waals surface area contributed by atoms with Crippen LogP contribution < -0.4 is 0 Å². The van der Waals surface area contributed by atoms with Crippen LogP contribution in [-0.2, 0) is 0 Å². The molecule has 0 atom stereocenters. The average molecular weight is 202 g/mol. The quantitative estimate of drug-likeness (QED) is 0.447. The van der Waals surface area contributed by atoms with E-state index < -0.39 is 11.7 Å². The van der Waals surface area contributed by atoms with E-state index in [1.54, 1.807) is 0 Å². The third-order valence-corrected chi connectivity index (χ3v) is 2.12. The second-order valence-electron chi connectivity index (χ2n) is 2.70. The molecule has 0 aliphatic heterocycles. The molecule has 2 nitrogen and oxygen atoms in total. The predicted molar refractivity (Wildman–Crippen MR) is 51.8 cm³/mol. The van der Waals surface area contributed by atoms with E-state index in [0.29, 0.717) is 0 Å². The lowest BCUT2D eigenvalue weighted by molar-refractivity contribution is 0.535. The highest BCUT2D eigenvalue weighted by Crippen LogP contribution is 2.28. The molecule has 0 saturated heterocycles. The SMILES string of the molecule is CC1=C(F)C(F)=C(C)/C(=N/S)C1=N. The van der Waals surface area contributed by atoms with Gasteiger partial charge >= 0.3 is 0 Å². The molecule has 0 aromatic heterocycles. The number of nitrogens with one attached hydrogen (secondary N) is 1. The Morgan fingerprint density at radius 2 is 1.62 bits per heavy atom. The van der Waals surface area contributed by atoms with E-state index in [1.165, 1.54) is 13.8 Å². The maximum absolute atomic E-state index is 13.1. The summed E-state index contributed by atoms with van der Waals surface area (Å²) in [6, 6.07) is 0. The van der Waals surface area contributed by atoms with Gasteiger partial charge in [-0.05, 0) is 26.7 Å². The molecule has 5 heteroatoms. The van der Waals surface area contributed by atoms with E-state index >= 15 is 0 Å². The molecule has 1 N–H and O–H groups in total. The summed E-state index contributed by atoms with van der Waals surface area (Å²) in [5, 5.41) is 7.42. The standard InChI is InChI=1S/C8H8F2N2S/c1-3-5(9)6(10)4(2)8(12-13)7(3)11/h11,13H,1-2H3/b11-7?,12-8-. The summed E-state index contributed by atoms with van der Waals surface area (Å²) >= 11 is 3.59. The maximum Gasteiger partial charge on any atom is 0.164 e. The Labute approximate surface area is 80.1 Å². The molecule has 0 heterocycles. The molecule has 0 fully saturated rings. The largest absolute Gasteiger partial charge is 0.298 e. The van der Waals surface area contributed by atoms with E-state index in [2.05, 4.69) is 17.2 Å². The Kier molecular flexibility index (Phi) is 2.66. The average Bonchev–Trinajstić information content (AvgIpc) is 2.13. The minimum atomic E-state index is -0.983. The number of rotatable bonds is 0. The number of thiol groups is 1. The van der Waals surface area contributed by atoms with Gasteiger partial charge in [0.25, 0.3) is 0 Å². The molecule has 0 radical (unpaired) electrons. The first-order valence-corrected chi connectivity index (χ1v) is 3.95. The zero-order valence-corrected chi connectivity index (χ0v) is 8.04. The number of nitrogens with zero attached hydrogens (tertiary/aromatic N) is 1. The molecular formula is C8H8F2N2S. The molecular weight excluding hydrogens is 194 g/mol. The third kappa shape index (κ3) is 1.44. The second-order valence-corrected chi connectivity index (χ2v) is 2.90. The smallest absolute Gasteiger partial charge is 0.164 e. The van der Waals surface area contributed by atoms with E-state index in [1.807, 2.05) is 0 Å². The molecule has 0 amide bonds. The Morgan fingerprint density at radius 1 is 1.15 bits per heavy atom. The monoisotopic (exact) mass is 202 g/mol. The van der Waals surface area contributed by atoms with Crippen LogP contribution in [0.1, 0.15) is 13.8 Å². The molecule has 0 aromatic carbocycles. The lowest BCUT2D eigenvalue weighted by Crippen LogP contribution is -2.21. The van der Waals surface area contributed by atoms with Crippen molar-refractivity contribution in [3.05, 3.63) is 22.8 Å². The van der Waals surface area contributed by atoms with Crippen molar-refractivity contribution in [1.29, 1.82) is 5.41 Å². The van der Waals surface area contributed by atoms with E-state index in [0.717, 1.165) is 0 Å². The van der Waals surface area contributed by atoms with E-state index in [9.17, 15) is 8.78 Å². The minimum absolute atomic E-state index is 0.0168. The number of allylic oxidation sites excluding steroid dienone is 4. The normalized spacial score (nSPS) is 21.9. The van der Waals surface area contributed by atoms with Crippen LogP contribution in [0.25, 0.3) is 0 Å². The Bertz CT molecular complexity index is 362. The van der Waals surface area contributed by atoms with Crippen molar-refractivity contribution in [2.24, 2.45) is 4.40 Å². The highest BCUT2D eigenvalue weighted by molar-refractivity contribution is 7.79. The molecule has 0 saturated carbocycles. The lowest BCUT2D eigenvalue weighted by Gasteiger charge is -2.15. The topological polar surface area (TPSA) is 36.2 Å². The summed E-state index contributed by atoms with van der Waals surface area (Å²) in [7, 11) is 0. The van der Waals surface area contributed by atoms with Gasteiger partial charge in [-0.1, -0.05) is 0 Å². The van der Waals surface area contributed by atoms with Gasteiger partial charge in [-0.15, -0.1) is 0 Å². The van der Waals surface area contributed by atoms with Crippen molar-refractivity contribution in [2.75, 3.05) is 0 Å². The van der Waals surface area contributed by atoms with Gasteiger partial charge in [0.2, 0.25) is 0 Å². The summed E-state index contributed by atoms with van der Waals surface area (Å²) in [6.07, 6.45) is 0. The van der Waals surface area contributed by atoms with Gasteiger partial charge in [0.1, 0.15) is 5.71 Å². The van der Waals surface area contributed by atoms with Crippen LogP contribution in [-0.4, -0.2) is 11.4 Å². The maximum atomic E-state index is 13.1. The first-order chi connectivity index (χ1) is 6.00. The molecule has 0 aromatic rings.